The lowest BCUT2D eigenvalue weighted by Crippen LogP contribution is -2.52. The van der Waals surface area contributed by atoms with Crippen LogP contribution < -0.4 is 10.8 Å². The van der Waals surface area contributed by atoms with Crippen LogP contribution in [0.2, 0.25) is 0 Å². The Morgan fingerprint density at radius 1 is 1.17 bits per heavy atom. The van der Waals surface area contributed by atoms with E-state index in [-0.39, 0.29) is 23.7 Å². The van der Waals surface area contributed by atoms with Gasteiger partial charge < -0.3 is 15.6 Å². The highest BCUT2D eigenvalue weighted by Crippen LogP contribution is 2.18. The first-order valence-corrected chi connectivity index (χ1v) is 9.03. The topological polar surface area (TPSA) is 135 Å². The summed E-state index contributed by atoms with van der Waals surface area (Å²) in [6.07, 6.45) is 0.427. The Balaban J connectivity index is 1.71. The second-order valence-electron chi connectivity index (χ2n) is 6.69. The van der Waals surface area contributed by atoms with Crippen molar-refractivity contribution in [2.24, 2.45) is 0 Å². The minimum Gasteiger partial charge on any atom is -0.322 e. The van der Waals surface area contributed by atoms with Crippen molar-refractivity contribution in [3.63, 3.8) is 0 Å². The van der Waals surface area contributed by atoms with Crippen LogP contribution in [0.25, 0.3) is 0 Å². The number of amides is 3. The molecule has 0 aliphatic carbocycles. The van der Waals surface area contributed by atoms with Gasteiger partial charge in [-0.2, -0.15) is 0 Å². The van der Waals surface area contributed by atoms with Crippen LogP contribution in [-0.2, 0) is 17.8 Å². The van der Waals surface area contributed by atoms with Crippen molar-refractivity contribution in [2.75, 3.05) is 6.54 Å². The zero-order chi connectivity index (χ0) is 21.0. The van der Waals surface area contributed by atoms with Gasteiger partial charge in [0.1, 0.15) is 11.7 Å². The van der Waals surface area contributed by atoms with Gasteiger partial charge in [0, 0.05) is 25.2 Å². The number of hydrogen-bond acceptors (Lipinski definition) is 6. The summed E-state index contributed by atoms with van der Waals surface area (Å²) in [6.45, 7) is 1.95. The van der Waals surface area contributed by atoms with Gasteiger partial charge in [-0.1, -0.05) is 36.4 Å². The number of urea groups is 1. The molecule has 0 spiro atoms. The Morgan fingerprint density at radius 2 is 1.90 bits per heavy atom. The molecule has 1 unspecified atom stereocenters. The molecule has 1 aromatic carbocycles. The minimum absolute atomic E-state index is 0.0326. The number of carbonyl (C=O) groups is 3. The number of Topliss-reactive ketones (excluding diaryl/α,β-unsaturated/α-hetero) is 1. The van der Waals surface area contributed by atoms with Gasteiger partial charge in [-0.05, 0) is 24.1 Å². The van der Waals surface area contributed by atoms with Gasteiger partial charge in [0.05, 0.1) is 5.71 Å². The first kappa shape index (κ1) is 20.2. The molecule has 0 bridgehead atoms. The summed E-state index contributed by atoms with van der Waals surface area (Å²) < 4.78 is 0. The number of aromatic nitrogens is 1. The molecule has 3 amide bonds. The van der Waals surface area contributed by atoms with Crippen molar-refractivity contribution in [3.05, 3.63) is 65.0 Å². The Bertz CT molecular complexity index is 961. The lowest BCUT2D eigenvalue weighted by atomic mass is 10.0. The summed E-state index contributed by atoms with van der Waals surface area (Å²) in [5.41, 5.74) is 3.69. The smallest absolute Gasteiger partial charge is 0.318 e. The zero-order valence-corrected chi connectivity index (χ0v) is 15.8. The van der Waals surface area contributed by atoms with Crippen LogP contribution in [0.3, 0.4) is 0 Å². The highest BCUT2D eigenvalue weighted by molar-refractivity contribution is 6.16. The number of fused-ring (bicyclic) bond motifs is 1. The van der Waals surface area contributed by atoms with E-state index in [2.05, 4.69) is 10.3 Å². The van der Waals surface area contributed by atoms with Gasteiger partial charge in [0.2, 0.25) is 0 Å². The molecule has 0 radical (unpaired) electrons. The molecule has 0 fully saturated rings. The lowest BCUT2D eigenvalue weighted by molar-refractivity contribution is -0.117. The Labute approximate surface area is 167 Å². The van der Waals surface area contributed by atoms with Crippen LogP contribution in [0.15, 0.2) is 42.5 Å². The molecule has 2 heterocycles. The Hall–Kier alpha value is -3.59. The average Bonchev–Trinajstić information content (AvgIpc) is 2.75. The average molecular weight is 395 g/mol. The first-order chi connectivity index (χ1) is 13.9. The largest absolute Gasteiger partial charge is 0.322 e. The molecule has 1 aliphatic heterocycles. The number of benzene rings is 1. The Morgan fingerprint density at radius 3 is 2.55 bits per heavy atom. The van der Waals surface area contributed by atoms with E-state index in [9.17, 15) is 14.4 Å². The summed E-state index contributed by atoms with van der Waals surface area (Å²) in [5.74, 6) is -1.03. The van der Waals surface area contributed by atoms with Gasteiger partial charge >= 0.3 is 6.03 Å². The van der Waals surface area contributed by atoms with Crippen LogP contribution in [0.5, 0.6) is 0 Å². The molecule has 1 aromatic heterocycles. The van der Waals surface area contributed by atoms with Gasteiger partial charge in [-0.3, -0.25) is 14.8 Å². The third kappa shape index (κ3) is 4.46. The van der Waals surface area contributed by atoms with Crippen molar-refractivity contribution in [1.82, 2.24) is 20.7 Å². The minimum atomic E-state index is -1.04. The van der Waals surface area contributed by atoms with Crippen molar-refractivity contribution < 1.29 is 19.6 Å². The molecule has 29 heavy (non-hydrogen) atoms. The van der Waals surface area contributed by atoms with E-state index < -0.39 is 18.0 Å². The van der Waals surface area contributed by atoms with E-state index in [4.69, 9.17) is 10.6 Å². The van der Waals surface area contributed by atoms with Gasteiger partial charge in [-0.15, -0.1) is 0 Å². The maximum absolute atomic E-state index is 12.7. The van der Waals surface area contributed by atoms with Gasteiger partial charge in [0.15, 0.2) is 5.78 Å². The SMILES string of the molecule is CC(=O)C(NC(=O)N1CCc2nc(C(=O)NO)ccc2C1)C(=N)c1ccccc1. The quantitative estimate of drug-likeness (QED) is 0.344. The first-order valence-electron chi connectivity index (χ1n) is 9.03. The molecule has 0 saturated carbocycles. The maximum Gasteiger partial charge on any atom is 0.318 e. The zero-order valence-electron chi connectivity index (χ0n) is 15.8. The molecule has 9 heteroatoms. The molecular weight excluding hydrogens is 374 g/mol. The number of hydroxylamine groups is 1. The van der Waals surface area contributed by atoms with E-state index in [0.29, 0.717) is 24.2 Å². The third-order valence-corrected chi connectivity index (χ3v) is 4.72. The number of hydrogen-bond donors (Lipinski definition) is 4. The number of rotatable bonds is 5. The van der Waals surface area contributed by atoms with Crippen LogP contribution >= 0.6 is 0 Å². The van der Waals surface area contributed by atoms with Crippen LogP contribution in [-0.4, -0.2) is 51.1 Å². The van der Waals surface area contributed by atoms with E-state index in [1.165, 1.54) is 17.9 Å². The van der Waals surface area contributed by atoms with E-state index in [0.717, 1.165) is 5.56 Å². The summed E-state index contributed by atoms with van der Waals surface area (Å²) in [6, 6.07) is 10.4. The predicted octanol–water partition coefficient (Wildman–Crippen LogP) is 1.29. The van der Waals surface area contributed by atoms with E-state index in [1.807, 2.05) is 6.07 Å². The summed E-state index contributed by atoms with van der Waals surface area (Å²) in [7, 11) is 0. The van der Waals surface area contributed by atoms with E-state index >= 15 is 0 Å². The number of pyridine rings is 1. The highest BCUT2D eigenvalue weighted by Gasteiger charge is 2.28. The summed E-state index contributed by atoms with van der Waals surface area (Å²) >= 11 is 0. The van der Waals surface area contributed by atoms with E-state index in [1.54, 1.807) is 35.8 Å². The standard InChI is InChI=1S/C20H21N5O4/c1-12(26)18(17(21)13-5-3-2-4-6-13)23-20(28)25-10-9-15-14(11-25)7-8-16(22-15)19(27)24-29/h2-8,18,21,29H,9-11H2,1H3,(H,23,28)(H,24,27). The van der Waals surface area contributed by atoms with Gasteiger partial charge in [0.25, 0.3) is 5.91 Å². The fourth-order valence-corrected chi connectivity index (χ4v) is 3.15. The monoisotopic (exact) mass is 395 g/mol. The van der Waals surface area contributed by atoms with Crippen molar-refractivity contribution in [2.45, 2.75) is 25.9 Å². The second-order valence-corrected chi connectivity index (χ2v) is 6.69. The lowest BCUT2D eigenvalue weighted by Gasteiger charge is -2.30. The number of ketones is 1. The van der Waals surface area contributed by atoms with Crippen molar-refractivity contribution in [3.8, 4) is 0 Å². The molecule has 4 N–H and O–H groups in total. The number of carbonyl (C=O) groups excluding carboxylic acids is 3. The molecule has 150 valence electrons. The second kappa shape index (κ2) is 8.61. The summed E-state index contributed by atoms with van der Waals surface area (Å²) in [4.78, 5) is 42.0. The maximum atomic E-state index is 12.7. The molecule has 0 saturated heterocycles. The fourth-order valence-electron chi connectivity index (χ4n) is 3.15. The highest BCUT2D eigenvalue weighted by atomic mass is 16.5. The summed E-state index contributed by atoms with van der Waals surface area (Å²) in [5, 5.41) is 19.7. The molecule has 9 nitrogen and oxygen atoms in total. The van der Waals surface area contributed by atoms with Crippen LogP contribution in [0.1, 0.15) is 34.2 Å². The van der Waals surface area contributed by atoms with Crippen molar-refractivity contribution in [1.29, 1.82) is 5.41 Å². The van der Waals surface area contributed by atoms with Crippen molar-refractivity contribution >= 4 is 23.4 Å². The molecule has 3 rings (SSSR count). The Kier molecular flexibility index (Phi) is 5.99. The molecule has 1 aliphatic rings. The molecule has 1 atom stereocenters. The fraction of sp³-hybridized carbons (Fsp3) is 0.250. The number of nitrogens with one attached hydrogen (secondary N) is 3. The molecule has 2 aromatic rings. The normalized spacial score (nSPS) is 13.8. The van der Waals surface area contributed by atoms with Crippen LogP contribution in [0.4, 0.5) is 4.79 Å². The molecular formula is C20H21N5O4. The third-order valence-electron chi connectivity index (χ3n) is 4.72. The predicted molar refractivity (Wildman–Crippen MR) is 104 cm³/mol. The number of nitrogens with zero attached hydrogens (tertiary/aromatic N) is 2. The van der Waals surface area contributed by atoms with Crippen LogP contribution in [0, 0.1) is 5.41 Å². The van der Waals surface area contributed by atoms with Gasteiger partial charge in [-0.25, -0.2) is 15.3 Å².